The van der Waals surface area contributed by atoms with Crippen molar-refractivity contribution in [2.24, 2.45) is 0 Å². The van der Waals surface area contributed by atoms with Crippen LogP contribution in [0.15, 0.2) is 71.1 Å². The van der Waals surface area contributed by atoms with Crippen LogP contribution < -0.4 is 10.6 Å². The Morgan fingerprint density at radius 1 is 1.00 bits per heavy atom. The highest BCUT2D eigenvalue weighted by molar-refractivity contribution is 5.98. The van der Waals surface area contributed by atoms with Gasteiger partial charge in [-0.15, -0.1) is 0 Å². The number of hydrogen-bond acceptors (Lipinski definition) is 7. The van der Waals surface area contributed by atoms with E-state index < -0.39 is 28.9 Å². The van der Waals surface area contributed by atoms with Crippen molar-refractivity contribution in [3.8, 4) is 11.3 Å². The first-order chi connectivity index (χ1) is 14.9. The molecule has 0 spiro atoms. The summed E-state index contributed by atoms with van der Waals surface area (Å²) >= 11 is 0. The molecule has 1 unspecified atom stereocenters. The first-order valence-corrected chi connectivity index (χ1v) is 9.02. The highest BCUT2D eigenvalue weighted by Crippen LogP contribution is 2.26. The number of hydrogen-bond donors (Lipinski definition) is 2. The van der Waals surface area contributed by atoms with E-state index in [2.05, 4.69) is 10.6 Å². The van der Waals surface area contributed by atoms with Gasteiger partial charge >= 0.3 is 12.0 Å². The second-order valence-electron chi connectivity index (χ2n) is 6.23. The number of carbonyl (C=O) groups is 3. The molecule has 0 aliphatic rings. The van der Waals surface area contributed by atoms with Crippen molar-refractivity contribution in [1.82, 2.24) is 10.6 Å². The van der Waals surface area contributed by atoms with Crippen LogP contribution in [0.1, 0.15) is 22.2 Å². The Morgan fingerprint density at radius 2 is 1.68 bits per heavy atom. The summed E-state index contributed by atoms with van der Waals surface area (Å²) in [6.07, 6.45) is -1.39. The van der Waals surface area contributed by atoms with E-state index in [1.165, 1.54) is 43.4 Å². The van der Waals surface area contributed by atoms with Crippen molar-refractivity contribution in [3.05, 3.63) is 88.2 Å². The molecular weight excluding hydrogens is 406 g/mol. The molecule has 0 radical (unpaired) electrons. The monoisotopic (exact) mass is 423 g/mol. The van der Waals surface area contributed by atoms with Gasteiger partial charge in [-0.3, -0.25) is 20.2 Å². The van der Waals surface area contributed by atoms with E-state index in [0.717, 1.165) is 0 Å². The first kappa shape index (κ1) is 21.2. The van der Waals surface area contributed by atoms with Crippen molar-refractivity contribution in [3.63, 3.8) is 0 Å². The van der Waals surface area contributed by atoms with Crippen LogP contribution in [0.2, 0.25) is 0 Å². The second kappa shape index (κ2) is 9.35. The average Bonchev–Trinajstić information content (AvgIpc) is 3.28. The van der Waals surface area contributed by atoms with Gasteiger partial charge in [0.2, 0.25) is 11.9 Å². The SMILES string of the molecule is CNC(=O)NC(=O)C(OC(=O)c1ccc(-c2ccc([N+](=O)[O-])cc2)o1)c1ccccc1. The molecule has 0 fully saturated rings. The molecule has 3 amide bonds. The maximum absolute atomic E-state index is 12.6. The van der Waals surface area contributed by atoms with Crippen molar-refractivity contribution in [1.29, 1.82) is 0 Å². The number of amides is 3. The number of urea groups is 1. The van der Waals surface area contributed by atoms with Gasteiger partial charge in [0.15, 0.2) is 0 Å². The summed E-state index contributed by atoms with van der Waals surface area (Å²) in [4.78, 5) is 46.8. The van der Waals surface area contributed by atoms with Crippen LogP contribution in [0.5, 0.6) is 0 Å². The van der Waals surface area contributed by atoms with E-state index >= 15 is 0 Å². The Bertz CT molecular complexity index is 1110. The largest absolute Gasteiger partial charge is 0.449 e. The van der Waals surface area contributed by atoms with E-state index in [1.807, 2.05) is 0 Å². The topological polar surface area (TPSA) is 141 Å². The third-order valence-corrected chi connectivity index (χ3v) is 4.20. The minimum atomic E-state index is -1.39. The maximum Gasteiger partial charge on any atom is 0.375 e. The van der Waals surface area contributed by atoms with Crippen molar-refractivity contribution < 1.29 is 28.5 Å². The van der Waals surface area contributed by atoms with Crippen molar-refractivity contribution >= 4 is 23.6 Å². The van der Waals surface area contributed by atoms with E-state index in [-0.39, 0.29) is 17.2 Å². The molecule has 3 aromatic rings. The molecule has 1 heterocycles. The van der Waals surface area contributed by atoms with Gasteiger partial charge in [0.25, 0.3) is 11.6 Å². The number of ether oxygens (including phenoxy) is 1. The average molecular weight is 423 g/mol. The lowest BCUT2D eigenvalue weighted by Crippen LogP contribution is -2.41. The number of nitrogens with one attached hydrogen (secondary N) is 2. The van der Waals surface area contributed by atoms with E-state index in [1.54, 1.807) is 30.3 Å². The number of nitrogens with zero attached hydrogens (tertiary/aromatic N) is 1. The third-order valence-electron chi connectivity index (χ3n) is 4.20. The molecule has 158 valence electrons. The molecule has 1 atom stereocenters. The Kier molecular flexibility index (Phi) is 6.41. The van der Waals surface area contributed by atoms with Crippen LogP contribution >= 0.6 is 0 Å². The van der Waals surface area contributed by atoms with Crippen LogP contribution in [0.3, 0.4) is 0 Å². The Hall–Kier alpha value is -4.47. The minimum absolute atomic E-state index is 0.0808. The van der Waals surface area contributed by atoms with E-state index in [9.17, 15) is 24.5 Å². The fourth-order valence-corrected chi connectivity index (χ4v) is 2.66. The molecule has 1 aromatic heterocycles. The van der Waals surface area contributed by atoms with Crippen LogP contribution in [0, 0.1) is 10.1 Å². The highest BCUT2D eigenvalue weighted by Gasteiger charge is 2.28. The Balaban J connectivity index is 1.79. The molecule has 2 N–H and O–H groups in total. The molecule has 10 nitrogen and oxygen atoms in total. The van der Waals surface area contributed by atoms with Crippen molar-refractivity contribution in [2.75, 3.05) is 7.05 Å². The second-order valence-corrected chi connectivity index (χ2v) is 6.23. The fraction of sp³-hybridized carbons (Fsp3) is 0.0952. The fourth-order valence-electron chi connectivity index (χ4n) is 2.66. The molecule has 2 aromatic carbocycles. The zero-order valence-electron chi connectivity index (χ0n) is 16.2. The summed E-state index contributed by atoms with van der Waals surface area (Å²) in [5.41, 5.74) is 0.795. The summed E-state index contributed by atoms with van der Waals surface area (Å²) in [5.74, 6) is -1.65. The lowest BCUT2D eigenvalue weighted by atomic mass is 10.1. The summed E-state index contributed by atoms with van der Waals surface area (Å²) in [6, 6.07) is 15.9. The molecule has 0 saturated heterocycles. The van der Waals surface area contributed by atoms with Gasteiger partial charge in [-0.25, -0.2) is 9.59 Å². The number of nitro groups is 1. The molecule has 10 heteroatoms. The quantitative estimate of drug-likeness (QED) is 0.352. The molecule has 0 saturated carbocycles. The number of non-ortho nitro benzene ring substituents is 1. The summed E-state index contributed by atoms with van der Waals surface area (Å²) in [6.45, 7) is 0. The molecule has 0 bridgehead atoms. The van der Waals surface area contributed by atoms with Gasteiger partial charge in [-0.2, -0.15) is 0 Å². The maximum atomic E-state index is 12.6. The number of benzene rings is 2. The van der Waals surface area contributed by atoms with Crippen molar-refractivity contribution in [2.45, 2.75) is 6.10 Å². The predicted octanol–water partition coefficient (Wildman–Crippen LogP) is 3.21. The van der Waals surface area contributed by atoms with Crippen LogP contribution in [0.4, 0.5) is 10.5 Å². The lowest BCUT2D eigenvalue weighted by molar-refractivity contribution is -0.384. The highest BCUT2D eigenvalue weighted by atomic mass is 16.6. The predicted molar refractivity (Wildman–Crippen MR) is 108 cm³/mol. The van der Waals surface area contributed by atoms with Gasteiger partial charge in [0, 0.05) is 30.3 Å². The van der Waals surface area contributed by atoms with Gasteiger partial charge in [0.1, 0.15) is 5.76 Å². The number of carbonyl (C=O) groups excluding carboxylic acids is 3. The smallest absolute Gasteiger partial charge is 0.375 e. The zero-order valence-corrected chi connectivity index (χ0v) is 16.2. The molecule has 31 heavy (non-hydrogen) atoms. The Labute approximate surface area is 176 Å². The van der Waals surface area contributed by atoms with Gasteiger partial charge in [-0.1, -0.05) is 30.3 Å². The molecule has 0 aliphatic carbocycles. The summed E-state index contributed by atoms with van der Waals surface area (Å²) < 4.78 is 10.8. The van der Waals surface area contributed by atoms with E-state index in [0.29, 0.717) is 11.1 Å². The first-order valence-electron chi connectivity index (χ1n) is 9.02. The number of furan rings is 1. The standard InChI is InChI=1S/C21H17N3O7/c1-22-21(27)23-19(25)18(14-5-3-2-4-6-14)31-20(26)17-12-11-16(30-17)13-7-9-15(10-8-13)24(28)29/h2-12,18H,1H3,(H2,22,23,25,27). The number of esters is 1. The van der Waals surface area contributed by atoms with Crippen LogP contribution in [-0.2, 0) is 9.53 Å². The van der Waals surface area contributed by atoms with Gasteiger partial charge in [-0.05, 0) is 24.3 Å². The molecule has 0 aliphatic heterocycles. The van der Waals surface area contributed by atoms with Crippen LogP contribution in [-0.4, -0.2) is 29.9 Å². The summed E-state index contributed by atoms with van der Waals surface area (Å²) in [7, 11) is 1.34. The van der Waals surface area contributed by atoms with Gasteiger partial charge in [0.05, 0.1) is 4.92 Å². The third kappa shape index (κ3) is 5.12. The zero-order chi connectivity index (χ0) is 22.4. The summed E-state index contributed by atoms with van der Waals surface area (Å²) in [5, 5.41) is 15.1. The van der Waals surface area contributed by atoms with Gasteiger partial charge < -0.3 is 14.5 Å². The molecular formula is C21H17N3O7. The van der Waals surface area contributed by atoms with Crippen LogP contribution in [0.25, 0.3) is 11.3 Å². The lowest BCUT2D eigenvalue weighted by Gasteiger charge is -2.16. The van der Waals surface area contributed by atoms with E-state index in [4.69, 9.17) is 9.15 Å². The molecule has 3 rings (SSSR count). The number of imide groups is 1. The number of nitro benzene ring substituents is 1. The minimum Gasteiger partial charge on any atom is -0.449 e. The normalized spacial score (nSPS) is 11.3. The number of rotatable bonds is 6. The Morgan fingerprint density at radius 3 is 2.29 bits per heavy atom.